The molecule has 0 amide bonds. The molecule has 14 heavy (non-hydrogen) atoms. The number of rotatable bonds is 1. The van der Waals surface area contributed by atoms with E-state index < -0.39 is 0 Å². The Morgan fingerprint density at radius 1 is 1.50 bits per heavy atom. The quantitative estimate of drug-likeness (QED) is 0.810. The summed E-state index contributed by atoms with van der Waals surface area (Å²) < 4.78 is 6.61. The van der Waals surface area contributed by atoms with Crippen LogP contribution in [0.1, 0.15) is 30.0 Å². The fourth-order valence-electron chi connectivity index (χ4n) is 2.09. The topological polar surface area (TPSA) is 35.2 Å². The number of methoxy groups -OCH3 is 1. The van der Waals surface area contributed by atoms with Crippen molar-refractivity contribution in [3.8, 4) is 5.75 Å². The molecule has 0 heterocycles. The highest BCUT2D eigenvalue weighted by Crippen LogP contribution is 2.36. The van der Waals surface area contributed by atoms with Crippen molar-refractivity contribution >= 4 is 22.6 Å². The van der Waals surface area contributed by atoms with E-state index >= 15 is 0 Å². The van der Waals surface area contributed by atoms with Gasteiger partial charge in [-0.05, 0) is 59.0 Å². The molecule has 3 heteroatoms. The van der Waals surface area contributed by atoms with Crippen molar-refractivity contribution in [1.82, 2.24) is 0 Å². The van der Waals surface area contributed by atoms with E-state index in [-0.39, 0.29) is 6.04 Å². The molecule has 0 radical (unpaired) electrons. The Hall–Kier alpha value is -0.290. The molecule has 2 rings (SSSR count). The van der Waals surface area contributed by atoms with Crippen molar-refractivity contribution in [2.45, 2.75) is 25.3 Å². The first-order valence-electron chi connectivity index (χ1n) is 4.85. The number of benzene rings is 1. The molecule has 0 aliphatic heterocycles. The Bertz CT molecular complexity index is 351. The van der Waals surface area contributed by atoms with Crippen molar-refractivity contribution in [2.24, 2.45) is 5.73 Å². The maximum absolute atomic E-state index is 6.06. The van der Waals surface area contributed by atoms with Gasteiger partial charge in [-0.1, -0.05) is 6.07 Å². The maximum Gasteiger partial charge on any atom is 0.135 e. The van der Waals surface area contributed by atoms with E-state index in [9.17, 15) is 0 Å². The van der Waals surface area contributed by atoms with Crippen LogP contribution in [-0.2, 0) is 6.42 Å². The first kappa shape index (κ1) is 10.2. The minimum absolute atomic E-state index is 0.199. The molecule has 1 aliphatic rings. The van der Waals surface area contributed by atoms with Crippen LogP contribution in [0.15, 0.2) is 12.1 Å². The highest BCUT2D eigenvalue weighted by molar-refractivity contribution is 14.1. The van der Waals surface area contributed by atoms with Crippen molar-refractivity contribution < 1.29 is 4.74 Å². The van der Waals surface area contributed by atoms with Gasteiger partial charge in [-0.15, -0.1) is 0 Å². The largest absolute Gasteiger partial charge is 0.495 e. The summed E-state index contributed by atoms with van der Waals surface area (Å²) in [5, 5.41) is 0. The zero-order valence-corrected chi connectivity index (χ0v) is 10.4. The molecule has 0 saturated heterocycles. The van der Waals surface area contributed by atoms with Crippen molar-refractivity contribution in [2.75, 3.05) is 7.11 Å². The third kappa shape index (κ3) is 1.63. The van der Waals surface area contributed by atoms with Gasteiger partial charge in [0.25, 0.3) is 0 Å². The van der Waals surface area contributed by atoms with E-state index in [1.807, 2.05) is 0 Å². The van der Waals surface area contributed by atoms with E-state index in [2.05, 4.69) is 34.7 Å². The van der Waals surface area contributed by atoms with E-state index in [0.717, 1.165) is 18.6 Å². The van der Waals surface area contributed by atoms with Crippen molar-refractivity contribution in [1.29, 1.82) is 0 Å². The minimum Gasteiger partial charge on any atom is -0.495 e. The predicted molar refractivity (Wildman–Crippen MR) is 65.6 cm³/mol. The van der Waals surface area contributed by atoms with Crippen LogP contribution < -0.4 is 10.5 Å². The molecular weight excluding hydrogens is 289 g/mol. The van der Waals surface area contributed by atoms with Gasteiger partial charge in [0.05, 0.1) is 10.7 Å². The van der Waals surface area contributed by atoms with Gasteiger partial charge >= 0.3 is 0 Å². The zero-order valence-electron chi connectivity index (χ0n) is 8.22. The Morgan fingerprint density at radius 3 is 3.00 bits per heavy atom. The summed E-state index contributed by atoms with van der Waals surface area (Å²) in [6, 6.07) is 4.43. The predicted octanol–water partition coefficient (Wildman–Crippen LogP) is 2.64. The lowest BCUT2D eigenvalue weighted by Gasteiger charge is -2.24. The van der Waals surface area contributed by atoms with Crippen LogP contribution in [0.25, 0.3) is 0 Å². The lowest BCUT2D eigenvalue weighted by atomic mass is 9.88. The SMILES string of the molecule is COc1c(I)ccc2c1CCC[C@@H]2N. The van der Waals surface area contributed by atoms with Gasteiger partial charge in [0.1, 0.15) is 5.75 Å². The van der Waals surface area contributed by atoms with Crippen LogP contribution in [0.3, 0.4) is 0 Å². The van der Waals surface area contributed by atoms with E-state index in [4.69, 9.17) is 10.5 Å². The fraction of sp³-hybridized carbons (Fsp3) is 0.455. The number of ether oxygens (including phenoxy) is 1. The average molecular weight is 303 g/mol. The van der Waals surface area contributed by atoms with Gasteiger partial charge in [0.15, 0.2) is 0 Å². The first-order valence-corrected chi connectivity index (χ1v) is 5.92. The van der Waals surface area contributed by atoms with Crippen molar-refractivity contribution in [3.05, 3.63) is 26.8 Å². The second-order valence-electron chi connectivity index (χ2n) is 3.65. The van der Waals surface area contributed by atoms with E-state index in [1.54, 1.807) is 7.11 Å². The first-order chi connectivity index (χ1) is 6.74. The molecule has 1 aromatic carbocycles. The monoisotopic (exact) mass is 303 g/mol. The summed E-state index contributed by atoms with van der Waals surface area (Å²) >= 11 is 2.31. The second kappa shape index (κ2) is 4.06. The van der Waals surface area contributed by atoms with Crippen LogP contribution in [0.5, 0.6) is 5.75 Å². The molecule has 0 spiro atoms. The normalized spacial score (nSPS) is 20.4. The molecule has 2 nitrogen and oxygen atoms in total. The summed E-state index contributed by atoms with van der Waals surface area (Å²) in [5.74, 6) is 1.03. The minimum atomic E-state index is 0.199. The van der Waals surface area contributed by atoms with Crippen LogP contribution in [-0.4, -0.2) is 7.11 Å². The number of nitrogens with two attached hydrogens (primary N) is 1. The zero-order chi connectivity index (χ0) is 10.1. The Morgan fingerprint density at radius 2 is 2.29 bits per heavy atom. The standard InChI is InChI=1S/C11H14INO/c1-14-11-8-3-2-4-10(13)7(8)5-6-9(11)12/h5-6,10H,2-4,13H2,1H3/t10-/m0/s1. The van der Waals surface area contributed by atoms with Crippen LogP contribution in [0, 0.1) is 3.57 Å². The summed E-state index contributed by atoms with van der Waals surface area (Å²) in [6.07, 6.45) is 3.37. The Balaban J connectivity index is 2.55. The molecule has 0 unspecified atom stereocenters. The second-order valence-corrected chi connectivity index (χ2v) is 4.81. The third-order valence-corrected chi connectivity index (χ3v) is 3.64. The highest BCUT2D eigenvalue weighted by Gasteiger charge is 2.21. The molecule has 1 aliphatic carbocycles. The van der Waals surface area contributed by atoms with Gasteiger partial charge in [-0.3, -0.25) is 0 Å². The molecule has 76 valence electrons. The number of halogens is 1. The van der Waals surface area contributed by atoms with Gasteiger partial charge in [0.2, 0.25) is 0 Å². The van der Waals surface area contributed by atoms with Crippen LogP contribution in [0.4, 0.5) is 0 Å². The van der Waals surface area contributed by atoms with E-state index in [1.165, 1.54) is 21.1 Å². The summed E-state index contributed by atoms with van der Waals surface area (Å²) in [7, 11) is 1.73. The molecule has 1 aromatic rings. The van der Waals surface area contributed by atoms with Gasteiger partial charge in [-0.2, -0.15) is 0 Å². The number of fused-ring (bicyclic) bond motifs is 1. The Kier molecular flexibility index (Phi) is 2.97. The average Bonchev–Trinajstić information content (AvgIpc) is 2.18. The molecule has 0 saturated carbocycles. The van der Waals surface area contributed by atoms with Crippen LogP contribution >= 0.6 is 22.6 Å². The Labute approximate surface area is 98.0 Å². The number of hydrogen-bond acceptors (Lipinski definition) is 2. The molecule has 0 aromatic heterocycles. The molecule has 0 fully saturated rings. The molecule has 1 atom stereocenters. The lowest BCUT2D eigenvalue weighted by Crippen LogP contribution is -2.18. The maximum atomic E-state index is 6.06. The van der Waals surface area contributed by atoms with Gasteiger partial charge in [-0.25, -0.2) is 0 Å². The lowest BCUT2D eigenvalue weighted by molar-refractivity contribution is 0.400. The number of hydrogen-bond donors (Lipinski definition) is 1. The van der Waals surface area contributed by atoms with E-state index in [0.29, 0.717) is 0 Å². The van der Waals surface area contributed by atoms with Gasteiger partial charge in [0, 0.05) is 6.04 Å². The van der Waals surface area contributed by atoms with Crippen LogP contribution in [0.2, 0.25) is 0 Å². The van der Waals surface area contributed by atoms with Crippen molar-refractivity contribution in [3.63, 3.8) is 0 Å². The molecule has 0 bridgehead atoms. The summed E-state index contributed by atoms with van der Waals surface area (Å²) in [6.45, 7) is 0. The summed E-state index contributed by atoms with van der Waals surface area (Å²) in [5.41, 5.74) is 8.65. The smallest absolute Gasteiger partial charge is 0.135 e. The molecule has 2 N–H and O–H groups in total. The third-order valence-electron chi connectivity index (χ3n) is 2.79. The summed E-state index contributed by atoms with van der Waals surface area (Å²) in [4.78, 5) is 0. The highest BCUT2D eigenvalue weighted by atomic mass is 127. The fourth-order valence-corrected chi connectivity index (χ4v) is 2.82. The van der Waals surface area contributed by atoms with Gasteiger partial charge < -0.3 is 10.5 Å². The molecular formula is C11H14INO.